The molecule has 3 rings (SSSR count). The largest absolute Gasteiger partial charge is 0.390 e. The van der Waals surface area contributed by atoms with Crippen LogP contribution < -0.4 is 4.84 Å². The molecule has 0 aliphatic heterocycles. The van der Waals surface area contributed by atoms with Crippen LogP contribution >= 0.6 is 12.2 Å². The Bertz CT molecular complexity index is 1140. The lowest BCUT2D eigenvalue weighted by atomic mass is 9.77. The minimum Gasteiger partial charge on any atom is -0.337 e. The lowest BCUT2D eigenvalue weighted by Crippen LogP contribution is -2.19. The Hall–Kier alpha value is -2.59. The second-order valence-electron chi connectivity index (χ2n) is 9.25. The van der Waals surface area contributed by atoms with Gasteiger partial charge < -0.3 is 4.84 Å². The number of carbonyl (C=O) groups excluding carboxylic acids is 1. The Labute approximate surface area is 210 Å². The standard InChI is InChI=1S/C28H32F3NO2S/c1-3-8-21-12-14-23(15-13-21)25-18-32(34-20(2)33)19-26(27(25)35)24-11-7-10-22(17-24)9-5-4-6-16-28(29,30)31/h7,10-11,17-19,21,23H,3,6,8-9,12-16H2,1-2H3. The van der Waals surface area contributed by atoms with E-state index in [1.54, 1.807) is 6.20 Å². The summed E-state index contributed by atoms with van der Waals surface area (Å²) in [6.45, 7) is 3.59. The van der Waals surface area contributed by atoms with Crippen molar-refractivity contribution in [2.45, 2.75) is 83.7 Å². The molecule has 1 aromatic heterocycles. The van der Waals surface area contributed by atoms with Crippen LogP contribution in [0.5, 0.6) is 0 Å². The normalized spacial score (nSPS) is 18.0. The van der Waals surface area contributed by atoms with Gasteiger partial charge in [-0.05, 0) is 54.2 Å². The molecule has 188 valence electrons. The Balaban J connectivity index is 1.86. The van der Waals surface area contributed by atoms with Gasteiger partial charge in [0.2, 0.25) is 0 Å². The van der Waals surface area contributed by atoms with Gasteiger partial charge in [-0.25, -0.2) is 4.79 Å². The van der Waals surface area contributed by atoms with E-state index >= 15 is 0 Å². The molecule has 0 radical (unpaired) electrons. The first-order valence-electron chi connectivity index (χ1n) is 12.2. The molecule has 0 atom stereocenters. The third kappa shape index (κ3) is 8.24. The van der Waals surface area contributed by atoms with Gasteiger partial charge in [0.25, 0.3) is 0 Å². The van der Waals surface area contributed by atoms with Crippen LogP contribution in [-0.4, -0.2) is 16.9 Å². The van der Waals surface area contributed by atoms with E-state index in [0.29, 0.717) is 12.3 Å². The maximum atomic E-state index is 12.3. The number of aromatic nitrogens is 1. The number of alkyl halides is 3. The predicted octanol–water partition coefficient (Wildman–Crippen LogP) is 7.82. The molecule has 35 heavy (non-hydrogen) atoms. The summed E-state index contributed by atoms with van der Waals surface area (Å²) in [5, 5.41) is 0. The summed E-state index contributed by atoms with van der Waals surface area (Å²) in [5.74, 6) is 6.10. The number of rotatable bonds is 7. The van der Waals surface area contributed by atoms with Crippen molar-refractivity contribution in [2.75, 3.05) is 0 Å². The van der Waals surface area contributed by atoms with Crippen molar-refractivity contribution < 1.29 is 22.8 Å². The molecule has 1 heterocycles. The molecular weight excluding hydrogens is 471 g/mol. The van der Waals surface area contributed by atoms with Gasteiger partial charge in [-0.1, -0.05) is 62.2 Å². The third-order valence-electron chi connectivity index (χ3n) is 6.44. The molecule has 3 nitrogen and oxygen atoms in total. The molecule has 0 N–H and O–H groups in total. The van der Waals surface area contributed by atoms with Crippen molar-refractivity contribution in [3.63, 3.8) is 0 Å². The van der Waals surface area contributed by atoms with Gasteiger partial charge in [0.15, 0.2) is 0 Å². The summed E-state index contributed by atoms with van der Waals surface area (Å²) in [4.78, 5) is 17.1. The van der Waals surface area contributed by atoms with Crippen LogP contribution in [0.2, 0.25) is 0 Å². The highest BCUT2D eigenvalue weighted by atomic mass is 32.1. The van der Waals surface area contributed by atoms with E-state index in [4.69, 9.17) is 17.1 Å². The number of hydrogen-bond donors (Lipinski definition) is 0. The molecule has 2 aromatic rings. The molecule has 0 bridgehead atoms. The molecule has 1 aromatic carbocycles. The van der Waals surface area contributed by atoms with E-state index in [9.17, 15) is 18.0 Å². The van der Waals surface area contributed by atoms with Gasteiger partial charge in [-0.3, -0.25) is 0 Å². The number of carbonyl (C=O) groups is 1. The number of benzene rings is 1. The van der Waals surface area contributed by atoms with Crippen LogP contribution in [0, 0.1) is 22.3 Å². The Morgan fingerprint density at radius 1 is 1.17 bits per heavy atom. The van der Waals surface area contributed by atoms with E-state index in [1.807, 2.05) is 30.5 Å². The predicted molar refractivity (Wildman–Crippen MR) is 134 cm³/mol. The first-order valence-corrected chi connectivity index (χ1v) is 12.6. The average Bonchev–Trinajstić information content (AvgIpc) is 2.80. The van der Waals surface area contributed by atoms with Gasteiger partial charge >= 0.3 is 12.1 Å². The van der Waals surface area contributed by atoms with Gasteiger partial charge in [-0.2, -0.15) is 17.9 Å². The number of hydrogen-bond acceptors (Lipinski definition) is 3. The second kappa shape index (κ2) is 12.4. The lowest BCUT2D eigenvalue weighted by Gasteiger charge is -2.29. The molecule has 7 heteroatoms. The van der Waals surface area contributed by atoms with Crippen LogP contribution in [0.15, 0.2) is 36.7 Å². The number of pyridine rings is 1. The summed E-state index contributed by atoms with van der Waals surface area (Å²) >= 11 is 5.92. The molecule has 1 aliphatic rings. The third-order valence-corrected chi connectivity index (χ3v) is 6.89. The van der Waals surface area contributed by atoms with Crippen LogP contribution in [0.1, 0.15) is 82.3 Å². The van der Waals surface area contributed by atoms with Crippen LogP contribution in [0.3, 0.4) is 0 Å². The van der Waals surface area contributed by atoms with Crippen molar-refractivity contribution in [2.24, 2.45) is 5.92 Å². The summed E-state index contributed by atoms with van der Waals surface area (Å²) in [7, 11) is 0. The van der Waals surface area contributed by atoms with Crippen molar-refractivity contribution in [1.82, 2.24) is 4.73 Å². The maximum Gasteiger partial charge on any atom is 0.390 e. The zero-order valence-corrected chi connectivity index (χ0v) is 21.1. The molecule has 1 aliphatic carbocycles. The van der Waals surface area contributed by atoms with Gasteiger partial charge in [-0.15, -0.1) is 5.92 Å². The highest BCUT2D eigenvalue weighted by Crippen LogP contribution is 2.39. The van der Waals surface area contributed by atoms with Crippen LogP contribution in [0.25, 0.3) is 11.1 Å². The Morgan fingerprint density at radius 3 is 2.57 bits per heavy atom. The minimum absolute atomic E-state index is 0.204. The van der Waals surface area contributed by atoms with Crippen molar-refractivity contribution in [3.05, 3.63) is 52.3 Å². The zero-order chi connectivity index (χ0) is 25.4. The quantitative estimate of drug-likeness (QED) is 0.285. The maximum absolute atomic E-state index is 12.3. The molecule has 0 spiro atoms. The van der Waals surface area contributed by atoms with E-state index < -0.39 is 18.6 Å². The summed E-state index contributed by atoms with van der Waals surface area (Å²) in [5.41, 5.74) is 3.57. The fraction of sp³-hybridized carbons (Fsp3) is 0.500. The highest BCUT2D eigenvalue weighted by molar-refractivity contribution is 7.71. The van der Waals surface area contributed by atoms with Crippen molar-refractivity contribution in [1.29, 1.82) is 0 Å². The molecule has 0 unspecified atom stereocenters. The summed E-state index contributed by atoms with van der Waals surface area (Å²) in [6.07, 6.45) is 5.55. The zero-order valence-electron chi connectivity index (χ0n) is 20.3. The Morgan fingerprint density at radius 2 is 1.91 bits per heavy atom. The molecule has 0 amide bonds. The first-order chi connectivity index (χ1) is 16.7. The summed E-state index contributed by atoms with van der Waals surface area (Å²) in [6, 6.07) is 7.66. The Kier molecular flexibility index (Phi) is 9.56. The van der Waals surface area contributed by atoms with E-state index in [2.05, 4.69) is 18.8 Å². The molecule has 1 saturated carbocycles. The first kappa shape index (κ1) is 27.0. The van der Waals surface area contributed by atoms with Crippen LogP contribution in [-0.2, 0) is 11.2 Å². The molecule has 0 saturated heterocycles. The average molecular weight is 504 g/mol. The number of halogens is 3. The molecule has 1 fully saturated rings. The van der Waals surface area contributed by atoms with Gasteiger partial charge in [0.1, 0.15) is 0 Å². The van der Waals surface area contributed by atoms with Gasteiger partial charge in [0.05, 0.1) is 17.1 Å². The SMILES string of the molecule is CCCC1CCC(c2cn(OC(C)=O)cc(-c3cccc(CC#CCCC(F)(F)F)c3)c2=S)CC1. The topological polar surface area (TPSA) is 31.2 Å². The lowest BCUT2D eigenvalue weighted by molar-refractivity contribution is -0.141. The van der Waals surface area contributed by atoms with Gasteiger partial charge in [0, 0.05) is 31.5 Å². The fourth-order valence-electron chi connectivity index (χ4n) is 4.75. The van der Waals surface area contributed by atoms with E-state index in [0.717, 1.165) is 45.5 Å². The second-order valence-corrected chi connectivity index (χ2v) is 9.66. The highest BCUT2D eigenvalue weighted by Gasteiger charge is 2.26. The summed E-state index contributed by atoms with van der Waals surface area (Å²) < 4.78 is 39.1. The van der Waals surface area contributed by atoms with Crippen molar-refractivity contribution in [3.8, 4) is 23.0 Å². The van der Waals surface area contributed by atoms with Crippen LogP contribution in [0.4, 0.5) is 13.2 Å². The smallest absolute Gasteiger partial charge is 0.337 e. The number of nitrogens with zero attached hydrogens (tertiary/aromatic N) is 1. The monoisotopic (exact) mass is 503 g/mol. The van der Waals surface area contributed by atoms with Crippen molar-refractivity contribution >= 4 is 18.2 Å². The van der Waals surface area contributed by atoms with E-state index in [1.165, 1.54) is 37.3 Å². The molecular formula is C28H32F3NO2S. The minimum atomic E-state index is -4.19. The fourth-order valence-corrected chi connectivity index (χ4v) is 5.14. The van der Waals surface area contributed by atoms with E-state index in [-0.39, 0.29) is 6.42 Å².